The van der Waals surface area contributed by atoms with Gasteiger partial charge in [-0.2, -0.15) is 0 Å². The third-order valence-electron chi connectivity index (χ3n) is 10.2. The lowest BCUT2D eigenvalue weighted by atomic mass is 9.83. The van der Waals surface area contributed by atoms with Crippen molar-refractivity contribution in [3.63, 3.8) is 0 Å². The Morgan fingerprint density at radius 3 is 2.17 bits per heavy atom. The highest BCUT2D eigenvalue weighted by molar-refractivity contribution is 7.89. The Morgan fingerprint density at radius 1 is 0.917 bits per heavy atom. The number of carbonyl (C=O) groups excluding carboxylic acids is 5. The molecular weight excluding hydrogens is 636 g/mol. The Balaban J connectivity index is 1.44. The Bertz CT molecular complexity index is 1300. The van der Waals surface area contributed by atoms with E-state index in [-0.39, 0.29) is 17.8 Å². The summed E-state index contributed by atoms with van der Waals surface area (Å²) < 4.78 is 29.3. The summed E-state index contributed by atoms with van der Waals surface area (Å²) >= 11 is 0. The van der Waals surface area contributed by atoms with E-state index in [1.165, 1.54) is 4.90 Å². The van der Waals surface area contributed by atoms with Crippen LogP contribution in [0.2, 0.25) is 0 Å². The zero-order chi connectivity index (χ0) is 35.3. The second-order valence-corrected chi connectivity index (χ2v) is 17.5. The number of Topliss-reactive ketones (excluding diaryl/α,β-unsaturated/α-hetero) is 1. The first-order valence-corrected chi connectivity index (χ1v) is 19.7. The van der Waals surface area contributed by atoms with Crippen LogP contribution in [0.15, 0.2) is 0 Å². The summed E-state index contributed by atoms with van der Waals surface area (Å²) in [4.78, 5) is 68.4. The minimum absolute atomic E-state index is 0.0102. The standard InChI is InChI=1S/C34H58N6O7S/c1-6-7-12-25(27(41)30(43)35-24-16-17-24)36-29(42)26-13-11-20-40(26)31(44)28(33(3,4)5)37-32(45)38-34(18-9-8-10-19-34)21-48(46,47)39-22(2)23-14-15-23/h22-26,28,39H,6-21H2,1-5H3,(H,35,43)(H,36,42)(H2,37,38,45)/t22-,25?,26-,28+/m0/s1. The molecule has 14 heteroatoms. The maximum Gasteiger partial charge on any atom is 0.315 e. The first-order chi connectivity index (χ1) is 22.5. The number of sulfonamides is 1. The van der Waals surface area contributed by atoms with Gasteiger partial charge in [0.05, 0.1) is 17.3 Å². The number of urea groups is 1. The molecule has 4 aliphatic rings. The molecule has 1 heterocycles. The molecule has 1 unspecified atom stereocenters. The van der Waals surface area contributed by atoms with Gasteiger partial charge in [-0.1, -0.05) is 59.8 Å². The highest BCUT2D eigenvalue weighted by atomic mass is 32.2. The fourth-order valence-corrected chi connectivity index (χ4v) is 8.96. The third kappa shape index (κ3) is 10.6. The summed E-state index contributed by atoms with van der Waals surface area (Å²) in [5, 5.41) is 11.3. The van der Waals surface area contributed by atoms with E-state index in [2.05, 4.69) is 26.0 Å². The molecule has 0 aromatic heterocycles. The van der Waals surface area contributed by atoms with Crippen LogP contribution in [0, 0.1) is 11.3 Å². The largest absolute Gasteiger partial charge is 0.347 e. The van der Waals surface area contributed by atoms with Gasteiger partial charge in [-0.15, -0.1) is 0 Å². The number of ketones is 1. The summed E-state index contributed by atoms with van der Waals surface area (Å²) in [6.07, 6.45) is 9.92. The van der Waals surface area contributed by atoms with Gasteiger partial charge in [0, 0.05) is 18.6 Å². The summed E-state index contributed by atoms with van der Waals surface area (Å²) in [5.41, 5.74) is -1.71. The van der Waals surface area contributed by atoms with Crippen LogP contribution in [0.4, 0.5) is 4.79 Å². The van der Waals surface area contributed by atoms with Crippen molar-refractivity contribution in [2.24, 2.45) is 11.3 Å². The van der Waals surface area contributed by atoms with Crippen LogP contribution in [0.25, 0.3) is 0 Å². The first-order valence-electron chi connectivity index (χ1n) is 18.1. The second kappa shape index (κ2) is 15.9. The highest BCUT2D eigenvalue weighted by Gasteiger charge is 2.45. The van der Waals surface area contributed by atoms with E-state index in [9.17, 15) is 32.4 Å². The number of hydrogen-bond acceptors (Lipinski definition) is 7. The molecule has 5 N–H and O–H groups in total. The summed E-state index contributed by atoms with van der Waals surface area (Å²) in [7, 11) is -3.68. The minimum atomic E-state index is -3.68. The second-order valence-electron chi connectivity index (χ2n) is 15.7. The number of unbranched alkanes of at least 4 members (excludes halogenated alkanes) is 1. The van der Waals surface area contributed by atoms with E-state index in [0.717, 1.165) is 51.4 Å². The number of amides is 5. The number of nitrogens with zero attached hydrogens (tertiary/aromatic N) is 1. The van der Waals surface area contributed by atoms with Crippen LogP contribution in [0.1, 0.15) is 125 Å². The zero-order valence-corrected chi connectivity index (χ0v) is 30.3. The number of rotatable bonds is 16. The van der Waals surface area contributed by atoms with Crippen LogP contribution >= 0.6 is 0 Å². The lowest BCUT2D eigenvalue weighted by molar-refractivity contribution is -0.143. The SMILES string of the molecule is CCCCC(NC(=O)[C@@H]1CCCN1C(=O)[C@@H](NC(=O)NC1(CS(=O)(=O)N[C@@H](C)C2CC2)CCCCC1)C(C)(C)C)C(=O)C(=O)NC1CC1. The molecule has 13 nitrogen and oxygen atoms in total. The van der Waals surface area contributed by atoms with Gasteiger partial charge in [0.25, 0.3) is 5.91 Å². The van der Waals surface area contributed by atoms with Gasteiger partial charge in [0.1, 0.15) is 12.1 Å². The van der Waals surface area contributed by atoms with E-state index in [1.54, 1.807) is 0 Å². The van der Waals surface area contributed by atoms with Crippen molar-refractivity contribution in [3.8, 4) is 0 Å². The molecule has 0 aromatic rings. The molecule has 4 fully saturated rings. The van der Waals surface area contributed by atoms with Crippen molar-refractivity contribution in [1.29, 1.82) is 0 Å². The number of likely N-dealkylation sites (tertiary alicyclic amines) is 1. The molecule has 0 bridgehead atoms. The van der Waals surface area contributed by atoms with Gasteiger partial charge in [-0.3, -0.25) is 19.2 Å². The normalized spacial score (nSPS) is 23.0. The number of nitrogens with one attached hydrogen (secondary N) is 5. The topological polar surface area (TPSA) is 183 Å². The summed E-state index contributed by atoms with van der Waals surface area (Å²) in [5.74, 6) is -2.18. The van der Waals surface area contributed by atoms with Crippen molar-refractivity contribution in [2.75, 3.05) is 12.3 Å². The summed E-state index contributed by atoms with van der Waals surface area (Å²) in [6.45, 7) is 9.61. The quantitative estimate of drug-likeness (QED) is 0.154. The van der Waals surface area contributed by atoms with Crippen molar-refractivity contribution >= 4 is 39.6 Å². The van der Waals surface area contributed by atoms with Gasteiger partial charge in [-0.25, -0.2) is 17.9 Å². The molecule has 4 atom stereocenters. The Morgan fingerprint density at radius 2 is 1.58 bits per heavy atom. The van der Waals surface area contributed by atoms with E-state index in [1.807, 2.05) is 34.6 Å². The van der Waals surface area contributed by atoms with Crippen LogP contribution in [-0.2, 0) is 29.2 Å². The average molecular weight is 695 g/mol. The molecule has 1 aliphatic heterocycles. The van der Waals surface area contributed by atoms with Gasteiger partial charge < -0.3 is 26.2 Å². The van der Waals surface area contributed by atoms with Crippen LogP contribution in [-0.4, -0.2) is 90.9 Å². The molecule has 3 saturated carbocycles. The van der Waals surface area contributed by atoms with E-state index >= 15 is 0 Å². The Hall–Kier alpha value is -2.74. The fraction of sp³-hybridized carbons (Fsp3) is 0.853. The Kier molecular flexibility index (Phi) is 12.6. The molecule has 0 aromatic carbocycles. The molecule has 5 amide bonds. The molecule has 48 heavy (non-hydrogen) atoms. The molecule has 1 saturated heterocycles. The average Bonchev–Trinajstić information content (AvgIpc) is 3.95. The zero-order valence-electron chi connectivity index (χ0n) is 29.5. The smallest absolute Gasteiger partial charge is 0.315 e. The maximum absolute atomic E-state index is 14.1. The van der Waals surface area contributed by atoms with Gasteiger partial charge in [-0.05, 0) is 76.0 Å². The maximum atomic E-state index is 14.1. The third-order valence-corrected chi connectivity index (χ3v) is 11.9. The van der Waals surface area contributed by atoms with Gasteiger partial charge in [0.2, 0.25) is 27.6 Å². The van der Waals surface area contributed by atoms with E-state index < -0.39 is 68.6 Å². The lowest BCUT2D eigenvalue weighted by Gasteiger charge is -2.40. The minimum Gasteiger partial charge on any atom is -0.347 e. The fourth-order valence-electron chi connectivity index (χ4n) is 7.03. The predicted molar refractivity (Wildman–Crippen MR) is 182 cm³/mol. The number of carbonyl (C=O) groups is 5. The summed E-state index contributed by atoms with van der Waals surface area (Å²) in [6, 6.07) is -3.62. The lowest BCUT2D eigenvalue weighted by Crippen LogP contribution is -2.63. The molecule has 272 valence electrons. The number of hydrogen-bond donors (Lipinski definition) is 5. The molecule has 0 radical (unpaired) electrons. The molecule has 3 aliphatic carbocycles. The molecule has 0 spiro atoms. The van der Waals surface area contributed by atoms with E-state index in [4.69, 9.17) is 0 Å². The molecule has 4 rings (SSSR count). The van der Waals surface area contributed by atoms with Crippen LogP contribution < -0.4 is 26.0 Å². The van der Waals surface area contributed by atoms with E-state index in [0.29, 0.717) is 51.0 Å². The van der Waals surface area contributed by atoms with Crippen molar-refractivity contribution in [2.45, 2.75) is 160 Å². The van der Waals surface area contributed by atoms with Crippen molar-refractivity contribution in [1.82, 2.24) is 30.9 Å². The predicted octanol–water partition coefficient (Wildman–Crippen LogP) is 2.63. The highest BCUT2D eigenvalue weighted by Crippen LogP contribution is 2.34. The molecular formula is C34H58N6O7S. The Labute approximate surface area is 286 Å². The van der Waals surface area contributed by atoms with Gasteiger partial charge in [0.15, 0.2) is 0 Å². The van der Waals surface area contributed by atoms with Crippen molar-refractivity contribution < 1.29 is 32.4 Å². The van der Waals surface area contributed by atoms with Crippen LogP contribution in [0.3, 0.4) is 0 Å². The first kappa shape index (κ1) is 38.1. The monoisotopic (exact) mass is 694 g/mol. The van der Waals surface area contributed by atoms with Gasteiger partial charge >= 0.3 is 6.03 Å². The van der Waals surface area contributed by atoms with Crippen LogP contribution in [0.5, 0.6) is 0 Å². The van der Waals surface area contributed by atoms with Crippen molar-refractivity contribution in [3.05, 3.63) is 0 Å².